The molecule has 45 heavy (non-hydrogen) atoms. The molecule has 1 heterocycles. The van der Waals surface area contributed by atoms with E-state index in [1.165, 1.54) is 23.1 Å². The largest absolute Gasteiger partial charge is 0.416 e. The summed E-state index contributed by atoms with van der Waals surface area (Å²) in [4.78, 5) is 29.8. The Balaban J connectivity index is 1.63. The predicted octanol–water partition coefficient (Wildman–Crippen LogP) is 7.66. The molecule has 1 aliphatic rings. The lowest BCUT2D eigenvalue weighted by Crippen LogP contribution is -2.47. The van der Waals surface area contributed by atoms with Crippen LogP contribution in [0.25, 0.3) is 0 Å². The number of hydrogen-bond acceptors (Lipinski definition) is 4. The fraction of sp³-hybridized carbons (Fsp3) is 0.257. The van der Waals surface area contributed by atoms with Gasteiger partial charge in [-0.1, -0.05) is 48.5 Å². The van der Waals surface area contributed by atoms with Crippen LogP contribution in [0.4, 0.5) is 34.6 Å². The Morgan fingerprint density at radius 1 is 0.956 bits per heavy atom. The number of benzene rings is 4. The van der Waals surface area contributed by atoms with Crippen LogP contribution in [-0.2, 0) is 24.0 Å². The molecule has 0 aliphatic carbocycles. The summed E-state index contributed by atoms with van der Waals surface area (Å²) in [5.41, 5.74) is 1.36. The number of hydrogen-bond donors (Lipinski definition) is 3. The van der Waals surface area contributed by atoms with Crippen molar-refractivity contribution < 1.29 is 32.3 Å². The Morgan fingerprint density at radius 3 is 2.29 bits per heavy atom. The molecule has 0 saturated carbocycles. The number of fused-ring (bicyclic) bond motifs is 1. The van der Waals surface area contributed by atoms with Crippen molar-refractivity contribution in [2.24, 2.45) is 5.92 Å². The van der Waals surface area contributed by atoms with Gasteiger partial charge in [0, 0.05) is 23.1 Å². The summed E-state index contributed by atoms with van der Waals surface area (Å²) in [5, 5.41) is 15.4. The molecular weight excluding hydrogens is 586 g/mol. The molecule has 5 rings (SSSR count). The maximum Gasteiger partial charge on any atom is 0.416 e. The fourth-order valence-electron chi connectivity index (χ4n) is 5.87. The third kappa shape index (κ3) is 6.56. The SMILES string of the molecule is Cc1cccc(F)c1C(=O)N1c2ccccc2C[C@H](C(=O)Nc2ccc(CO)c(C(F)(F)F)c2)C1c1ccc(NC(C)C)cc1. The normalized spacial score (nSPS) is 16.3. The van der Waals surface area contributed by atoms with E-state index in [1.807, 2.05) is 26.0 Å². The molecule has 1 unspecified atom stereocenters. The van der Waals surface area contributed by atoms with E-state index in [0.29, 0.717) is 22.4 Å². The van der Waals surface area contributed by atoms with E-state index >= 15 is 4.39 Å². The second-order valence-electron chi connectivity index (χ2n) is 11.4. The van der Waals surface area contributed by atoms with E-state index in [0.717, 1.165) is 17.8 Å². The number of alkyl halides is 3. The molecule has 0 radical (unpaired) electrons. The van der Waals surface area contributed by atoms with Crippen molar-refractivity contribution >= 4 is 28.9 Å². The van der Waals surface area contributed by atoms with Gasteiger partial charge in [0.1, 0.15) is 5.82 Å². The van der Waals surface area contributed by atoms with Crippen molar-refractivity contribution in [3.05, 3.63) is 124 Å². The summed E-state index contributed by atoms with van der Waals surface area (Å²) in [6, 6.07) is 21.0. The molecule has 4 aromatic rings. The van der Waals surface area contributed by atoms with Crippen LogP contribution in [-0.4, -0.2) is 23.0 Å². The number of para-hydroxylation sites is 1. The van der Waals surface area contributed by atoms with E-state index in [-0.39, 0.29) is 29.3 Å². The summed E-state index contributed by atoms with van der Waals surface area (Å²) in [6.45, 7) is 4.78. The Labute approximate surface area is 258 Å². The number of carbonyl (C=O) groups is 2. The van der Waals surface area contributed by atoms with Crippen molar-refractivity contribution in [3.8, 4) is 0 Å². The lowest BCUT2D eigenvalue weighted by atomic mass is 9.80. The molecule has 4 aromatic carbocycles. The summed E-state index contributed by atoms with van der Waals surface area (Å²) in [6.07, 6.45) is -4.59. The number of rotatable bonds is 7. The Hall–Kier alpha value is -4.70. The zero-order valence-corrected chi connectivity index (χ0v) is 25.0. The van der Waals surface area contributed by atoms with E-state index in [4.69, 9.17) is 0 Å². The van der Waals surface area contributed by atoms with Crippen molar-refractivity contribution in [1.82, 2.24) is 0 Å². The first kappa shape index (κ1) is 31.7. The molecule has 1 aliphatic heterocycles. The topological polar surface area (TPSA) is 81.7 Å². The maximum atomic E-state index is 15.2. The highest BCUT2D eigenvalue weighted by Gasteiger charge is 2.43. The zero-order valence-electron chi connectivity index (χ0n) is 25.0. The van der Waals surface area contributed by atoms with Gasteiger partial charge in [0.2, 0.25) is 5.91 Å². The summed E-state index contributed by atoms with van der Waals surface area (Å²) < 4.78 is 56.4. The highest BCUT2D eigenvalue weighted by molar-refractivity contribution is 6.09. The number of amides is 2. The van der Waals surface area contributed by atoms with Gasteiger partial charge in [-0.15, -0.1) is 0 Å². The molecule has 2 amide bonds. The van der Waals surface area contributed by atoms with Crippen LogP contribution in [0.15, 0.2) is 84.9 Å². The molecule has 234 valence electrons. The minimum absolute atomic E-state index is 0.110. The van der Waals surface area contributed by atoms with Crippen LogP contribution < -0.4 is 15.5 Å². The number of aryl methyl sites for hydroxylation is 1. The van der Waals surface area contributed by atoms with Crippen molar-refractivity contribution in [2.75, 3.05) is 15.5 Å². The Kier molecular flexibility index (Phi) is 8.97. The first-order valence-corrected chi connectivity index (χ1v) is 14.5. The molecule has 2 atom stereocenters. The molecule has 0 aromatic heterocycles. The maximum absolute atomic E-state index is 15.2. The highest BCUT2D eigenvalue weighted by Crippen LogP contribution is 2.44. The van der Waals surface area contributed by atoms with Gasteiger partial charge < -0.3 is 15.7 Å². The third-order valence-electron chi connectivity index (χ3n) is 7.90. The number of aliphatic hydroxyl groups excluding tert-OH is 1. The van der Waals surface area contributed by atoms with Gasteiger partial charge in [0.05, 0.1) is 29.7 Å². The summed E-state index contributed by atoms with van der Waals surface area (Å²) in [7, 11) is 0. The van der Waals surface area contributed by atoms with Gasteiger partial charge >= 0.3 is 6.18 Å². The van der Waals surface area contributed by atoms with Gasteiger partial charge in [0.25, 0.3) is 5.91 Å². The number of carbonyl (C=O) groups excluding carboxylic acids is 2. The monoisotopic (exact) mass is 619 g/mol. The van der Waals surface area contributed by atoms with Crippen LogP contribution in [0.3, 0.4) is 0 Å². The van der Waals surface area contributed by atoms with Crippen molar-refractivity contribution in [2.45, 2.75) is 52.1 Å². The molecule has 3 N–H and O–H groups in total. The smallest absolute Gasteiger partial charge is 0.392 e. The second-order valence-corrected chi connectivity index (χ2v) is 11.4. The van der Waals surface area contributed by atoms with Crippen LogP contribution in [0.2, 0.25) is 0 Å². The number of nitrogens with zero attached hydrogens (tertiary/aromatic N) is 1. The van der Waals surface area contributed by atoms with E-state index in [2.05, 4.69) is 10.6 Å². The number of anilines is 3. The van der Waals surface area contributed by atoms with Crippen LogP contribution in [0.5, 0.6) is 0 Å². The number of nitrogens with one attached hydrogen (secondary N) is 2. The van der Waals surface area contributed by atoms with Crippen LogP contribution in [0, 0.1) is 18.7 Å². The first-order chi connectivity index (χ1) is 21.4. The van der Waals surface area contributed by atoms with E-state index in [1.54, 1.807) is 49.4 Å². The van der Waals surface area contributed by atoms with Gasteiger partial charge in [-0.2, -0.15) is 13.2 Å². The minimum Gasteiger partial charge on any atom is -0.392 e. The Bertz CT molecular complexity index is 1700. The Morgan fingerprint density at radius 2 is 1.64 bits per heavy atom. The standard InChI is InChI=1S/C35H33F4N3O3/c1-20(2)40-25-14-11-22(12-15-25)32-27(33(44)41-26-16-13-24(19-43)28(18-26)35(37,38)39)17-23-8-4-5-10-30(23)42(32)34(45)31-21(3)7-6-9-29(31)36/h4-16,18,20,27,32,40,43H,17,19H2,1-3H3,(H,41,44)/t27-,32?/m0/s1. The number of aliphatic hydroxyl groups is 1. The van der Waals surface area contributed by atoms with Crippen molar-refractivity contribution in [1.29, 1.82) is 0 Å². The fourth-order valence-corrected chi connectivity index (χ4v) is 5.87. The molecular formula is C35H33F4N3O3. The highest BCUT2D eigenvalue weighted by atomic mass is 19.4. The molecule has 0 spiro atoms. The molecule has 10 heteroatoms. The van der Waals surface area contributed by atoms with E-state index < -0.39 is 47.9 Å². The lowest BCUT2D eigenvalue weighted by Gasteiger charge is -2.42. The number of halogens is 4. The molecule has 6 nitrogen and oxygen atoms in total. The summed E-state index contributed by atoms with van der Waals surface area (Å²) >= 11 is 0. The van der Waals surface area contributed by atoms with Gasteiger partial charge in [-0.05, 0) is 85.8 Å². The van der Waals surface area contributed by atoms with Gasteiger partial charge in [0.15, 0.2) is 0 Å². The molecule has 0 bridgehead atoms. The van der Waals surface area contributed by atoms with Gasteiger partial charge in [-0.25, -0.2) is 4.39 Å². The zero-order chi connectivity index (χ0) is 32.5. The third-order valence-corrected chi connectivity index (χ3v) is 7.90. The molecule has 0 fully saturated rings. The quantitative estimate of drug-likeness (QED) is 0.186. The first-order valence-electron chi connectivity index (χ1n) is 14.5. The average molecular weight is 620 g/mol. The van der Waals surface area contributed by atoms with Crippen LogP contribution in [0.1, 0.15) is 58.1 Å². The lowest BCUT2D eigenvalue weighted by molar-refractivity contribution is -0.138. The van der Waals surface area contributed by atoms with E-state index in [9.17, 15) is 27.9 Å². The van der Waals surface area contributed by atoms with Crippen LogP contribution >= 0.6 is 0 Å². The average Bonchev–Trinajstić information content (AvgIpc) is 2.99. The van der Waals surface area contributed by atoms with Gasteiger partial charge in [-0.3, -0.25) is 14.5 Å². The second kappa shape index (κ2) is 12.7. The summed E-state index contributed by atoms with van der Waals surface area (Å²) in [5.74, 6) is -2.93. The predicted molar refractivity (Wildman–Crippen MR) is 166 cm³/mol. The minimum atomic E-state index is -4.75. The van der Waals surface area contributed by atoms with Crippen molar-refractivity contribution in [3.63, 3.8) is 0 Å². The molecule has 0 saturated heterocycles.